The highest BCUT2D eigenvalue weighted by molar-refractivity contribution is 7.12. The standard InChI is InChI=1S/C12H13N3O2S/c1-7-11(8-3-2-4-14-6-8)15-10(18-7)5-9(13)12(16)17/h2-4,6,9H,5,13H2,1H3,(H,16,17). The lowest BCUT2D eigenvalue weighted by Gasteiger charge is -2.01. The molecule has 6 heteroatoms. The van der Waals surface area contributed by atoms with Gasteiger partial charge in [0.15, 0.2) is 0 Å². The van der Waals surface area contributed by atoms with E-state index in [2.05, 4.69) is 9.97 Å². The van der Waals surface area contributed by atoms with Crippen molar-refractivity contribution in [3.05, 3.63) is 34.4 Å². The van der Waals surface area contributed by atoms with E-state index in [4.69, 9.17) is 10.8 Å². The number of aromatic nitrogens is 2. The molecule has 2 heterocycles. The summed E-state index contributed by atoms with van der Waals surface area (Å²) in [6.45, 7) is 1.95. The van der Waals surface area contributed by atoms with Crippen molar-refractivity contribution < 1.29 is 9.90 Å². The molecule has 2 rings (SSSR count). The molecule has 0 saturated heterocycles. The summed E-state index contributed by atoms with van der Waals surface area (Å²) in [4.78, 5) is 20.2. The van der Waals surface area contributed by atoms with Crippen LogP contribution in [0.2, 0.25) is 0 Å². The summed E-state index contributed by atoms with van der Waals surface area (Å²) >= 11 is 1.47. The second-order valence-electron chi connectivity index (χ2n) is 3.90. The lowest BCUT2D eigenvalue weighted by molar-refractivity contribution is -0.138. The minimum absolute atomic E-state index is 0.251. The average Bonchev–Trinajstić information content (AvgIpc) is 2.71. The second-order valence-corrected chi connectivity index (χ2v) is 5.19. The zero-order valence-electron chi connectivity index (χ0n) is 9.83. The number of carbonyl (C=O) groups is 1. The molecule has 2 aromatic rings. The Morgan fingerprint density at radius 3 is 3.00 bits per heavy atom. The first-order chi connectivity index (χ1) is 8.58. The molecule has 0 fully saturated rings. The van der Waals surface area contributed by atoms with Crippen LogP contribution < -0.4 is 5.73 Å². The summed E-state index contributed by atoms with van der Waals surface area (Å²) in [5.74, 6) is -1.01. The van der Waals surface area contributed by atoms with Crippen molar-refractivity contribution in [2.24, 2.45) is 5.73 Å². The molecule has 0 aliphatic heterocycles. The summed E-state index contributed by atoms with van der Waals surface area (Å²) in [7, 11) is 0. The Balaban J connectivity index is 2.25. The topological polar surface area (TPSA) is 89.1 Å². The fourth-order valence-electron chi connectivity index (χ4n) is 1.58. The van der Waals surface area contributed by atoms with Crippen LogP contribution in [0.5, 0.6) is 0 Å². The van der Waals surface area contributed by atoms with Gasteiger partial charge in [0.1, 0.15) is 6.04 Å². The summed E-state index contributed by atoms with van der Waals surface area (Å²) in [5.41, 5.74) is 7.28. The number of pyridine rings is 1. The molecule has 0 bridgehead atoms. The molecule has 18 heavy (non-hydrogen) atoms. The minimum atomic E-state index is -1.01. The van der Waals surface area contributed by atoms with Crippen molar-refractivity contribution in [2.75, 3.05) is 0 Å². The summed E-state index contributed by atoms with van der Waals surface area (Å²) in [6.07, 6.45) is 3.69. The second kappa shape index (κ2) is 5.24. The van der Waals surface area contributed by atoms with Crippen LogP contribution in [0.25, 0.3) is 11.3 Å². The number of nitrogens with two attached hydrogens (primary N) is 1. The molecule has 5 nitrogen and oxygen atoms in total. The number of rotatable bonds is 4. The SMILES string of the molecule is Cc1sc(CC(N)C(=O)O)nc1-c1cccnc1. The maximum absolute atomic E-state index is 10.7. The van der Waals surface area contributed by atoms with Gasteiger partial charge in [0, 0.05) is 29.3 Å². The summed E-state index contributed by atoms with van der Waals surface area (Å²) in [5, 5.41) is 9.52. The monoisotopic (exact) mass is 263 g/mol. The number of hydrogen-bond donors (Lipinski definition) is 2. The largest absolute Gasteiger partial charge is 0.480 e. The van der Waals surface area contributed by atoms with Gasteiger partial charge >= 0.3 is 5.97 Å². The van der Waals surface area contributed by atoms with Crippen LogP contribution in [0.1, 0.15) is 9.88 Å². The van der Waals surface area contributed by atoms with E-state index in [1.165, 1.54) is 11.3 Å². The van der Waals surface area contributed by atoms with Gasteiger partial charge in [-0.25, -0.2) is 4.98 Å². The lowest BCUT2D eigenvalue weighted by Crippen LogP contribution is -2.32. The van der Waals surface area contributed by atoms with E-state index in [0.29, 0.717) is 0 Å². The first-order valence-electron chi connectivity index (χ1n) is 5.43. The minimum Gasteiger partial charge on any atom is -0.480 e. The number of carboxylic acids is 1. The maximum atomic E-state index is 10.7. The van der Waals surface area contributed by atoms with Gasteiger partial charge in [0.05, 0.1) is 10.7 Å². The smallest absolute Gasteiger partial charge is 0.320 e. The van der Waals surface area contributed by atoms with Gasteiger partial charge in [0.2, 0.25) is 0 Å². The molecule has 0 aliphatic rings. The molecular formula is C12H13N3O2S. The van der Waals surface area contributed by atoms with E-state index in [1.807, 2.05) is 19.1 Å². The molecule has 3 N–H and O–H groups in total. The number of thiazole rings is 1. The maximum Gasteiger partial charge on any atom is 0.320 e. The van der Waals surface area contributed by atoms with Crippen molar-refractivity contribution in [1.82, 2.24) is 9.97 Å². The third-order valence-corrected chi connectivity index (χ3v) is 3.48. The van der Waals surface area contributed by atoms with Crippen molar-refractivity contribution in [1.29, 1.82) is 0 Å². The van der Waals surface area contributed by atoms with Gasteiger partial charge in [-0.2, -0.15) is 0 Å². The molecule has 94 valence electrons. The van der Waals surface area contributed by atoms with Crippen molar-refractivity contribution in [3.63, 3.8) is 0 Å². The number of aliphatic carboxylic acids is 1. The molecule has 0 radical (unpaired) electrons. The van der Waals surface area contributed by atoms with Gasteiger partial charge in [-0.3, -0.25) is 9.78 Å². The Bertz CT molecular complexity index is 554. The van der Waals surface area contributed by atoms with Crippen LogP contribution >= 0.6 is 11.3 Å². The van der Waals surface area contributed by atoms with Crippen LogP contribution in [0.15, 0.2) is 24.5 Å². The van der Waals surface area contributed by atoms with Crippen LogP contribution in [0.4, 0.5) is 0 Å². The number of nitrogens with zero attached hydrogens (tertiary/aromatic N) is 2. The van der Waals surface area contributed by atoms with E-state index in [0.717, 1.165) is 21.1 Å². The fraction of sp³-hybridized carbons (Fsp3) is 0.250. The molecule has 0 aliphatic carbocycles. The highest BCUT2D eigenvalue weighted by Gasteiger charge is 2.16. The van der Waals surface area contributed by atoms with E-state index in [9.17, 15) is 4.79 Å². The van der Waals surface area contributed by atoms with Gasteiger partial charge < -0.3 is 10.8 Å². The highest BCUT2D eigenvalue weighted by Crippen LogP contribution is 2.27. The Labute approximate surface area is 108 Å². The van der Waals surface area contributed by atoms with E-state index in [-0.39, 0.29) is 6.42 Å². The summed E-state index contributed by atoms with van der Waals surface area (Å²) < 4.78 is 0. The molecule has 0 aromatic carbocycles. The van der Waals surface area contributed by atoms with Gasteiger partial charge in [0.25, 0.3) is 0 Å². The molecule has 1 unspecified atom stereocenters. The molecule has 0 saturated carbocycles. The Kier molecular flexibility index (Phi) is 3.69. The van der Waals surface area contributed by atoms with Gasteiger partial charge in [-0.15, -0.1) is 11.3 Å². The van der Waals surface area contributed by atoms with Crippen LogP contribution in [0, 0.1) is 6.92 Å². The van der Waals surface area contributed by atoms with Crippen molar-refractivity contribution >= 4 is 17.3 Å². The third kappa shape index (κ3) is 2.72. The van der Waals surface area contributed by atoms with Crippen LogP contribution in [-0.4, -0.2) is 27.1 Å². The Hall–Kier alpha value is -1.79. The average molecular weight is 263 g/mol. The zero-order chi connectivity index (χ0) is 13.1. The Morgan fingerprint density at radius 2 is 2.39 bits per heavy atom. The number of hydrogen-bond acceptors (Lipinski definition) is 5. The molecule has 2 aromatic heterocycles. The third-order valence-electron chi connectivity index (χ3n) is 2.49. The predicted octanol–water partition coefficient (Wildman–Crippen LogP) is 1.47. The van der Waals surface area contributed by atoms with Crippen molar-refractivity contribution in [2.45, 2.75) is 19.4 Å². The van der Waals surface area contributed by atoms with E-state index < -0.39 is 12.0 Å². The lowest BCUT2D eigenvalue weighted by atomic mass is 10.2. The number of carboxylic acid groups (broad SMARTS) is 1. The van der Waals surface area contributed by atoms with E-state index >= 15 is 0 Å². The van der Waals surface area contributed by atoms with Gasteiger partial charge in [-0.1, -0.05) is 0 Å². The van der Waals surface area contributed by atoms with E-state index in [1.54, 1.807) is 12.4 Å². The zero-order valence-corrected chi connectivity index (χ0v) is 10.6. The van der Waals surface area contributed by atoms with Crippen molar-refractivity contribution in [3.8, 4) is 11.3 Å². The quantitative estimate of drug-likeness (QED) is 0.871. The first-order valence-corrected chi connectivity index (χ1v) is 6.24. The highest BCUT2D eigenvalue weighted by atomic mass is 32.1. The van der Waals surface area contributed by atoms with Crippen LogP contribution in [-0.2, 0) is 11.2 Å². The molecule has 0 spiro atoms. The van der Waals surface area contributed by atoms with Gasteiger partial charge in [-0.05, 0) is 19.1 Å². The molecule has 1 atom stereocenters. The summed E-state index contributed by atoms with van der Waals surface area (Å²) in [6, 6.07) is 2.87. The predicted molar refractivity (Wildman–Crippen MR) is 69.4 cm³/mol. The fourth-order valence-corrected chi connectivity index (χ4v) is 2.60. The molecular weight excluding hydrogens is 250 g/mol. The normalized spacial score (nSPS) is 12.3. The number of aryl methyl sites for hydroxylation is 1. The van der Waals surface area contributed by atoms with Crippen LogP contribution in [0.3, 0.4) is 0 Å². The Morgan fingerprint density at radius 1 is 1.61 bits per heavy atom. The molecule has 0 amide bonds. The first kappa shape index (κ1) is 12.7.